The van der Waals surface area contributed by atoms with E-state index in [1.807, 2.05) is 0 Å². The van der Waals surface area contributed by atoms with Crippen LogP contribution in [0.5, 0.6) is 0 Å². The molecule has 0 nitrogen and oxygen atoms in total. The Morgan fingerprint density at radius 1 is 1.10 bits per heavy atom. The Bertz CT molecular complexity index is 351. The van der Waals surface area contributed by atoms with Crippen LogP contribution in [0, 0.1) is 0 Å². The van der Waals surface area contributed by atoms with E-state index in [4.69, 9.17) is 0 Å². The summed E-state index contributed by atoms with van der Waals surface area (Å²) in [4.78, 5) is 0. The van der Waals surface area contributed by atoms with Crippen molar-refractivity contribution in [2.45, 2.75) is 0 Å². The summed E-state index contributed by atoms with van der Waals surface area (Å²) in [5.41, 5.74) is 0. The average Bonchev–Trinajstić information content (AvgIpc) is 2.33. The molecule has 0 fully saturated rings. The molecule has 0 atom stereocenters. The molecule has 0 N–H and O–H groups in total. The van der Waals surface area contributed by atoms with Crippen molar-refractivity contribution in [2.24, 2.45) is 0 Å². The van der Waals surface area contributed by atoms with Crippen molar-refractivity contribution >= 4 is 38.0 Å². The highest BCUT2D eigenvalue weighted by Gasteiger charge is 1.92. The van der Waals surface area contributed by atoms with Gasteiger partial charge in [-0.1, -0.05) is 22.0 Å². The molecule has 1 aromatic carbocycles. The smallest absolute Gasteiger partial charge is 0.0181 e. The first-order valence-electron chi connectivity index (χ1n) is 2.98. The minimum atomic E-state index is 1.15. The van der Waals surface area contributed by atoms with Gasteiger partial charge in [0.15, 0.2) is 0 Å². The van der Waals surface area contributed by atoms with E-state index >= 15 is 0 Å². The molecular formula is C8H5BrS. The molecule has 50 valence electrons. The second-order valence-corrected chi connectivity index (χ2v) is 3.80. The summed E-state index contributed by atoms with van der Waals surface area (Å²) in [5, 5.41) is 6.95. The van der Waals surface area contributed by atoms with Crippen molar-refractivity contribution in [3.8, 4) is 0 Å². The Balaban J connectivity index is 2.86. The van der Waals surface area contributed by atoms with Gasteiger partial charge in [0.2, 0.25) is 0 Å². The second-order valence-electron chi connectivity index (χ2n) is 2.15. The number of benzene rings is 1. The molecule has 0 bridgehead atoms. The van der Waals surface area contributed by atoms with Crippen LogP contribution in [0.1, 0.15) is 0 Å². The number of halogens is 1. The van der Waals surface area contributed by atoms with Gasteiger partial charge in [-0.2, -0.15) is 11.3 Å². The Morgan fingerprint density at radius 3 is 2.80 bits per heavy atom. The molecule has 0 saturated heterocycles. The van der Waals surface area contributed by atoms with Gasteiger partial charge in [-0.15, -0.1) is 0 Å². The molecule has 10 heavy (non-hydrogen) atoms. The summed E-state index contributed by atoms with van der Waals surface area (Å²) in [6, 6.07) is 6.32. The molecule has 1 aromatic heterocycles. The lowest BCUT2D eigenvalue weighted by Crippen LogP contribution is -1.62. The van der Waals surface area contributed by atoms with E-state index in [1.165, 1.54) is 10.8 Å². The molecule has 1 heterocycles. The van der Waals surface area contributed by atoms with Gasteiger partial charge >= 0.3 is 0 Å². The van der Waals surface area contributed by atoms with Crippen molar-refractivity contribution < 1.29 is 0 Å². The fourth-order valence-electron chi connectivity index (χ4n) is 0.936. The van der Waals surface area contributed by atoms with Gasteiger partial charge in [0.1, 0.15) is 0 Å². The predicted molar refractivity (Wildman–Crippen MR) is 49.5 cm³/mol. The highest BCUT2D eigenvalue weighted by atomic mass is 79.9. The van der Waals surface area contributed by atoms with Crippen LogP contribution in [-0.2, 0) is 0 Å². The number of rotatable bonds is 0. The summed E-state index contributed by atoms with van der Waals surface area (Å²) in [5.74, 6) is 0. The van der Waals surface area contributed by atoms with Crippen LogP contribution in [0.3, 0.4) is 0 Å². The van der Waals surface area contributed by atoms with E-state index in [2.05, 4.69) is 44.9 Å². The third-order valence-electron chi connectivity index (χ3n) is 1.44. The molecule has 0 aliphatic heterocycles. The van der Waals surface area contributed by atoms with Crippen LogP contribution in [-0.4, -0.2) is 0 Å². The number of hydrogen-bond acceptors (Lipinski definition) is 1. The minimum Gasteiger partial charge on any atom is -0.151 e. The van der Waals surface area contributed by atoms with Crippen LogP contribution in [0.4, 0.5) is 0 Å². The molecule has 2 aromatic rings. The van der Waals surface area contributed by atoms with Crippen LogP contribution in [0.2, 0.25) is 0 Å². The van der Waals surface area contributed by atoms with E-state index < -0.39 is 0 Å². The van der Waals surface area contributed by atoms with Gasteiger partial charge in [-0.3, -0.25) is 0 Å². The van der Waals surface area contributed by atoms with E-state index in [9.17, 15) is 0 Å². The number of hydrogen-bond donors (Lipinski definition) is 0. The minimum absolute atomic E-state index is 1.15. The Labute approximate surface area is 71.6 Å². The summed E-state index contributed by atoms with van der Waals surface area (Å²) in [6.07, 6.45) is 0. The maximum absolute atomic E-state index is 3.42. The Kier molecular flexibility index (Phi) is 1.51. The Hall–Kier alpha value is -0.340. The SMILES string of the molecule is Brc1ccc2cscc2c1. The maximum Gasteiger partial charge on any atom is 0.0181 e. The quantitative estimate of drug-likeness (QED) is 0.626. The largest absolute Gasteiger partial charge is 0.151 e. The van der Waals surface area contributed by atoms with Crippen molar-refractivity contribution in [3.05, 3.63) is 33.4 Å². The van der Waals surface area contributed by atoms with Gasteiger partial charge in [0.05, 0.1) is 0 Å². The number of thiophene rings is 1. The van der Waals surface area contributed by atoms with E-state index in [1.54, 1.807) is 11.3 Å². The van der Waals surface area contributed by atoms with Gasteiger partial charge in [0, 0.05) is 4.47 Å². The molecule has 0 aliphatic carbocycles. The molecule has 0 saturated carbocycles. The van der Waals surface area contributed by atoms with Crippen LogP contribution < -0.4 is 0 Å². The lowest BCUT2D eigenvalue weighted by atomic mass is 10.2. The van der Waals surface area contributed by atoms with E-state index in [0.29, 0.717) is 0 Å². The highest BCUT2D eigenvalue weighted by Crippen LogP contribution is 2.22. The second kappa shape index (κ2) is 2.36. The lowest BCUT2D eigenvalue weighted by molar-refractivity contribution is 1.76. The van der Waals surface area contributed by atoms with Crippen molar-refractivity contribution in [1.82, 2.24) is 0 Å². The van der Waals surface area contributed by atoms with Gasteiger partial charge < -0.3 is 0 Å². The summed E-state index contributed by atoms with van der Waals surface area (Å²) >= 11 is 5.16. The summed E-state index contributed by atoms with van der Waals surface area (Å²) in [6.45, 7) is 0. The maximum atomic E-state index is 3.42. The molecule has 0 unspecified atom stereocenters. The van der Waals surface area contributed by atoms with E-state index in [-0.39, 0.29) is 0 Å². The van der Waals surface area contributed by atoms with Crippen LogP contribution in [0.25, 0.3) is 10.8 Å². The van der Waals surface area contributed by atoms with Crippen molar-refractivity contribution in [2.75, 3.05) is 0 Å². The first kappa shape index (κ1) is 6.38. The molecule has 2 heteroatoms. The van der Waals surface area contributed by atoms with Gasteiger partial charge in [-0.25, -0.2) is 0 Å². The first-order valence-corrected chi connectivity index (χ1v) is 4.71. The zero-order chi connectivity index (χ0) is 6.97. The topological polar surface area (TPSA) is 0 Å². The third kappa shape index (κ3) is 0.976. The number of fused-ring (bicyclic) bond motifs is 1. The molecule has 0 spiro atoms. The third-order valence-corrected chi connectivity index (χ3v) is 2.71. The zero-order valence-corrected chi connectivity index (χ0v) is 7.58. The van der Waals surface area contributed by atoms with Gasteiger partial charge in [-0.05, 0) is 33.7 Å². The predicted octanol–water partition coefficient (Wildman–Crippen LogP) is 3.66. The molecule has 0 aliphatic rings. The first-order chi connectivity index (χ1) is 4.86. The monoisotopic (exact) mass is 212 g/mol. The van der Waals surface area contributed by atoms with Crippen molar-refractivity contribution in [1.29, 1.82) is 0 Å². The standard InChI is InChI=1S/C8H5BrS/c9-8-2-1-6-4-10-5-7(6)3-8/h1-5H. The van der Waals surface area contributed by atoms with Crippen LogP contribution >= 0.6 is 27.3 Å². The van der Waals surface area contributed by atoms with E-state index in [0.717, 1.165) is 4.47 Å². The van der Waals surface area contributed by atoms with Crippen molar-refractivity contribution in [3.63, 3.8) is 0 Å². The van der Waals surface area contributed by atoms with Crippen LogP contribution in [0.15, 0.2) is 33.4 Å². The molecule has 0 radical (unpaired) electrons. The summed E-state index contributed by atoms with van der Waals surface area (Å²) in [7, 11) is 0. The average molecular weight is 213 g/mol. The van der Waals surface area contributed by atoms with Gasteiger partial charge in [0.25, 0.3) is 0 Å². The molecule has 2 rings (SSSR count). The fraction of sp³-hybridized carbons (Fsp3) is 0. The Morgan fingerprint density at radius 2 is 1.90 bits per heavy atom. The summed E-state index contributed by atoms with van der Waals surface area (Å²) < 4.78 is 1.15. The highest BCUT2D eigenvalue weighted by molar-refractivity contribution is 9.10. The molecule has 0 amide bonds. The normalized spacial score (nSPS) is 10.5. The lowest BCUT2D eigenvalue weighted by Gasteiger charge is -1.88. The fourth-order valence-corrected chi connectivity index (χ4v) is 2.09. The zero-order valence-electron chi connectivity index (χ0n) is 5.17. The molecular weight excluding hydrogens is 208 g/mol.